The Kier molecular flexibility index (Phi) is 5.05. The van der Waals surface area contributed by atoms with Crippen LogP contribution in [0.1, 0.15) is 18.5 Å². The molecule has 1 aliphatic heterocycles. The number of hydrogen-bond acceptors (Lipinski definition) is 3. The third kappa shape index (κ3) is 3.77. The Morgan fingerprint density at radius 3 is 2.43 bits per heavy atom. The highest BCUT2D eigenvalue weighted by Gasteiger charge is 2.23. The van der Waals surface area contributed by atoms with Crippen molar-refractivity contribution in [1.82, 2.24) is 9.88 Å². The van der Waals surface area contributed by atoms with E-state index in [9.17, 15) is 4.39 Å². The largest absolute Gasteiger partial charge is 0.354 e. The second-order valence-electron chi connectivity index (χ2n) is 5.71. The van der Waals surface area contributed by atoms with Gasteiger partial charge in [0.2, 0.25) is 0 Å². The van der Waals surface area contributed by atoms with Crippen LogP contribution in [0.2, 0.25) is 10.0 Å². The third-order valence-corrected chi connectivity index (χ3v) is 4.84. The van der Waals surface area contributed by atoms with Crippen molar-refractivity contribution in [3.05, 3.63) is 58.0 Å². The topological polar surface area (TPSA) is 19.4 Å². The molecule has 1 saturated heterocycles. The molecule has 0 amide bonds. The zero-order valence-corrected chi connectivity index (χ0v) is 14.4. The molecule has 2 aromatic rings. The monoisotopic (exact) mass is 353 g/mol. The predicted octanol–water partition coefficient (Wildman–Crippen LogP) is 4.41. The maximum Gasteiger partial charge on any atom is 0.141 e. The first-order valence-corrected chi connectivity index (χ1v) is 8.35. The molecule has 0 saturated carbocycles. The summed E-state index contributed by atoms with van der Waals surface area (Å²) in [6, 6.07) is 8.96. The summed E-state index contributed by atoms with van der Waals surface area (Å²) in [5.74, 6) is 0.577. The van der Waals surface area contributed by atoms with Crippen LogP contribution in [0.4, 0.5) is 10.2 Å². The molecule has 23 heavy (non-hydrogen) atoms. The van der Waals surface area contributed by atoms with Gasteiger partial charge in [-0.1, -0.05) is 29.3 Å². The molecule has 1 aromatic carbocycles. The van der Waals surface area contributed by atoms with Gasteiger partial charge in [0.15, 0.2) is 0 Å². The van der Waals surface area contributed by atoms with E-state index in [1.54, 1.807) is 18.3 Å². The van der Waals surface area contributed by atoms with E-state index >= 15 is 0 Å². The average Bonchev–Trinajstić information content (AvgIpc) is 2.57. The Balaban J connectivity index is 1.63. The van der Waals surface area contributed by atoms with E-state index in [-0.39, 0.29) is 16.9 Å². The highest BCUT2D eigenvalue weighted by Crippen LogP contribution is 2.26. The Labute approximate surface area is 145 Å². The fraction of sp³-hybridized carbons (Fsp3) is 0.353. The number of nitrogens with zero attached hydrogens (tertiary/aromatic N) is 3. The summed E-state index contributed by atoms with van der Waals surface area (Å²) in [7, 11) is 0. The van der Waals surface area contributed by atoms with Gasteiger partial charge in [-0.25, -0.2) is 9.37 Å². The van der Waals surface area contributed by atoms with Gasteiger partial charge in [-0.15, -0.1) is 0 Å². The van der Waals surface area contributed by atoms with Crippen molar-refractivity contribution >= 4 is 29.0 Å². The number of benzene rings is 1. The molecule has 1 aromatic heterocycles. The number of pyridine rings is 1. The number of halogens is 3. The summed E-state index contributed by atoms with van der Waals surface area (Å²) < 4.78 is 13.3. The minimum Gasteiger partial charge on any atom is -0.354 e. The van der Waals surface area contributed by atoms with Crippen LogP contribution in [0.15, 0.2) is 36.5 Å². The smallest absolute Gasteiger partial charge is 0.141 e. The third-order valence-electron chi connectivity index (χ3n) is 4.32. The molecule has 0 bridgehead atoms. The maximum atomic E-state index is 13.3. The van der Waals surface area contributed by atoms with Crippen LogP contribution in [0.5, 0.6) is 0 Å². The van der Waals surface area contributed by atoms with Crippen LogP contribution in [0.3, 0.4) is 0 Å². The molecule has 1 atom stereocenters. The van der Waals surface area contributed by atoms with Crippen molar-refractivity contribution in [2.45, 2.75) is 13.0 Å². The van der Waals surface area contributed by atoms with Gasteiger partial charge in [-0.05, 0) is 36.8 Å². The lowest BCUT2D eigenvalue weighted by Crippen LogP contribution is -2.47. The summed E-state index contributed by atoms with van der Waals surface area (Å²) in [6.07, 6.45) is 1.67. The van der Waals surface area contributed by atoms with Gasteiger partial charge in [0.25, 0.3) is 0 Å². The molecule has 122 valence electrons. The Morgan fingerprint density at radius 1 is 1.09 bits per heavy atom. The lowest BCUT2D eigenvalue weighted by atomic mass is 10.1. The Hall–Kier alpha value is -1.36. The number of hydrogen-bond donors (Lipinski definition) is 0. The number of aromatic nitrogens is 1. The number of piperazine rings is 1. The zero-order chi connectivity index (χ0) is 16.4. The van der Waals surface area contributed by atoms with Gasteiger partial charge in [-0.3, -0.25) is 4.90 Å². The van der Waals surface area contributed by atoms with Crippen LogP contribution < -0.4 is 4.90 Å². The minimum absolute atomic E-state index is 0.179. The van der Waals surface area contributed by atoms with Gasteiger partial charge in [0.1, 0.15) is 11.6 Å². The Bertz CT molecular complexity index is 670. The first kappa shape index (κ1) is 16.5. The summed E-state index contributed by atoms with van der Waals surface area (Å²) in [5, 5.41) is 0.826. The highest BCUT2D eigenvalue weighted by atomic mass is 35.5. The van der Waals surface area contributed by atoms with Crippen LogP contribution in [-0.4, -0.2) is 36.1 Å². The van der Waals surface area contributed by atoms with Crippen molar-refractivity contribution in [3.63, 3.8) is 0 Å². The predicted molar refractivity (Wildman–Crippen MR) is 92.9 cm³/mol. The van der Waals surface area contributed by atoms with Gasteiger partial charge in [0, 0.05) is 38.4 Å². The van der Waals surface area contributed by atoms with E-state index in [1.165, 1.54) is 6.07 Å². The SMILES string of the molecule is CC(c1ccc(F)c(Cl)c1)N1CCN(c2ccc(Cl)cn2)CC1. The molecular formula is C17H18Cl2FN3. The lowest BCUT2D eigenvalue weighted by Gasteiger charge is -2.38. The summed E-state index contributed by atoms with van der Waals surface area (Å²) >= 11 is 11.8. The molecule has 1 unspecified atom stereocenters. The molecule has 3 rings (SSSR count). The van der Waals surface area contributed by atoms with E-state index in [4.69, 9.17) is 23.2 Å². The van der Waals surface area contributed by atoms with Gasteiger partial charge < -0.3 is 4.90 Å². The fourth-order valence-corrected chi connectivity index (χ4v) is 3.18. The van der Waals surface area contributed by atoms with Crippen LogP contribution in [0.25, 0.3) is 0 Å². The van der Waals surface area contributed by atoms with E-state index < -0.39 is 0 Å². The van der Waals surface area contributed by atoms with E-state index in [1.807, 2.05) is 12.1 Å². The molecule has 0 spiro atoms. The molecule has 2 heterocycles. The van der Waals surface area contributed by atoms with Gasteiger partial charge >= 0.3 is 0 Å². The molecule has 0 aliphatic carbocycles. The zero-order valence-electron chi connectivity index (χ0n) is 12.8. The van der Waals surface area contributed by atoms with E-state index in [0.717, 1.165) is 37.6 Å². The summed E-state index contributed by atoms with van der Waals surface area (Å²) in [6.45, 7) is 5.75. The van der Waals surface area contributed by atoms with Crippen molar-refractivity contribution in [2.24, 2.45) is 0 Å². The molecular weight excluding hydrogens is 336 g/mol. The molecule has 0 radical (unpaired) electrons. The molecule has 6 heteroatoms. The minimum atomic E-state index is -0.374. The van der Waals surface area contributed by atoms with Crippen LogP contribution >= 0.6 is 23.2 Å². The standard InChI is InChI=1S/C17H18Cl2FN3/c1-12(13-2-4-16(20)15(19)10-13)22-6-8-23(9-7-22)17-5-3-14(18)11-21-17/h2-5,10-12H,6-9H2,1H3. The average molecular weight is 354 g/mol. The van der Waals surface area contributed by atoms with Crippen molar-refractivity contribution < 1.29 is 4.39 Å². The maximum absolute atomic E-state index is 13.3. The quantitative estimate of drug-likeness (QED) is 0.814. The molecule has 1 fully saturated rings. The van der Waals surface area contributed by atoms with E-state index in [2.05, 4.69) is 21.7 Å². The normalized spacial score (nSPS) is 17.3. The second-order valence-corrected chi connectivity index (χ2v) is 6.55. The Morgan fingerprint density at radius 2 is 1.83 bits per heavy atom. The lowest BCUT2D eigenvalue weighted by molar-refractivity contribution is 0.198. The fourth-order valence-electron chi connectivity index (χ4n) is 2.88. The first-order chi connectivity index (χ1) is 11.0. The molecule has 3 nitrogen and oxygen atoms in total. The van der Waals surface area contributed by atoms with Crippen LogP contribution in [-0.2, 0) is 0 Å². The molecule has 1 aliphatic rings. The summed E-state index contributed by atoms with van der Waals surface area (Å²) in [4.78, 5) is 8.99. The number of rotatable bonds is 3. The van der Waals surface area contributed by atoms with Crippen molar-refractivity contribution in [1.29, 1.82) is 0 Å². The highest BCUT2D eigenvalue weighted by molar-refractivity contribution is 6.30. The summed E-state index contributed by atoms with van der Waals surface area (Å²) in [5.41, 5.74) is 1.04. The van der Waals surface area contributed by atoms with Crippen molar-refractivity contribution in [2.75, 3.05) is 31.1 Å². The van der Waals surface area contributed by atoms with Crippen LogP contribution in [0, 0.1) is 5.82 Å². The van der Waals surface area contributed by atoms with Gasteiger partial charge in [0.05, 0.1) is 10.0 Å². The second kappa shape index (κ2) is 7.04. The first-order valence-electron chi connectivity index (χ1n) is 7.60. The van der Waals surface area contributed by atoms with Crippen molar-refractivity contribution in [3.8, 4) is 0 Å². The molecule has 0 N–H and O–H groups in total. The number of anilines is 1. The van der Waals surface area contributed by atoms with Gasteiger partial charge in [-0.2, -0.15) is 0 Å². The van der Waals surface area contributed by atoms with E-state index in [0.29, 0.717) is 5.02 Å².